The van der Waals surface area contributed by atoms with Gasteiger partial charge in [0.2, 0.25) is 0 Å². The Hall–Kier alpha value is -0.810. The number of rotatable bonds is 4. The van der Waals surface area contributed by atoms with Crippen molar-refractivity contribution in [3.05, 3.63) is 28.8 Å². The first-order valence-corrected chi connectivity index (χ1v) is 6.84. The number of morpholine rings is 1. The van der Waals surface area contributed by atoms with Crippen molar-refractivity contribution < 1.29 is 9.47 Å². The third-order valence-electron chi connectivity index (χ3n) is 3.51. The van der Waals surface area contributed by atoms with Crippen molar-refractivity contribution in [3.8, 4) is 5.75 Å². The Labute approximate surface area is 119 Å². The second-order valence-electron chi connectivity index (χ2n) is 4.82. The Bertz CT molecular complexity index is 428. The molecule has 2 atom stereocenters. The van der Waals surface area contributed by atoms with Gasteiger partial charge in [-0.1, -0.05) is 11.6 Å². The molecule has 106 valence electrons. The molecule has 1 saturated heterocycles. The van der Waals surface area contributed by atoms with Crippen LogP contribution in [-0.4, -0.2) is 51.9 Å². The van der Waals surface area contributed by atoms with Gasteiger partial charge in [0, 0.05) is 23.7 Å². The number of ether oxygens (including phenoxy) is 2. The van der Waals surface area contributed by atoms with E-state index in [2.05, 4.69) is 17.3 Å². The lowest BCUT2D eigenvalue weighted by Crippen LogP contribution is -2.46. The molecular weight excluding hydrogens is 264 g/mol. The van der Waals surface area contributed by atoms with Gasteiger partial charge in [0.1, 0.15) is 5.75 Å². The molecule has 1 N–H and O–H groups in total. The monoisotopic (exact) mass is 284 g/mol. The Morgan fingerprint density at radius 1 is 1.53 bits per heavy atom. The lowest BCUT2D eigenvalue weighted by Gasteiger charge is -2.35. The SMILES string of the molecule is CNC(c1cc(Cl)ccc1OC)C1CN(C)CCO1. The van der Waals surface area contributed by atoms with Gasteiger partial charge in [-0.25, -0.2) is 0 Å². The smallest absolute Gasteiger partial charge is 0.123 e. The highest BCUT2D eigenvalue weighted by molar-refractivity contribution is 6.30. The molecule has 1 aromatic carbocycles. The molecule has 2 rings (SSSR count). The van der Waals surface area contributed by atoms with E-state index in [0.29, 0.717) is 5.02 Å². The molecule has 1 heterocycles. The first-order valence-electron chi connectivity index (χ1n) is 6.46. The highest BCUT2D eigenvalue weighted by Gasteiger charge is 2.29. The van der Waals surface area contributed by atoms with Crippen LogP contribution < -0.4 is 10.1 Å². The normalized spacial score (nSPS) is 22.2. The van der Waals surface area contributed by atoms with Crippen molar-refractivity contribution in [1.29, 1.82) is 0 Å². The lowest BCUT2D eigenvalue weighted by atomic mass is 9.99. The molecule has 5 heteroatoms. The van der Waals surface area contributed by atoms with Gasteiger partial charge in [0.25, 0.3) is 0 Å². The van der Waals surface area contributed by atoms with Gasteiger partial charge >= 0.3 is 0 Å². The minimum absolute atomic E-state index is 0.0661. The van der Waals surface area contributed by atoms with E-state index in [1.165, 1.54) is 0 Å². The fraction of sp³-hybridized carbons (Fsp3) is 0.571. The summed E-state index contributed by atoms with van der Waals surface area (Å²) in [4.78, 5) is 2.27. The maximum absolute atomic E-state index is 6.11. The van der Waals surface area contributed by atoms with Crippen LogP contribution in [0.25, 0.3) is 0 Å². The molecule has 0 aliphatic carbocycles. The van der Waals surface area contributed by atoms with E-state index < -0.39 is 0 Å². The van der Waals surface area contributed by atoms with Crippen LogP contribution in [0, 0.1) is 0 Å². The largest absolute Gasteiger partial charge is 0.496 e. The lowest BCUT2D eigenvalue weighted by molar-refractivity contribution is -0.0383. The van der Waals surface area contributed by atoms with Gasteiger partial charge in [-0.3, -0.25) is 0 Å². The Balaban J connectivity index is 2.27. The second kappa shape index (κ2) is 6.57. The van der Waals surface area contributed by atoms with Crippen molar-refractivity contribution in [3.63, 3.8) is 0 Å². The Morgan fingerprint density at radius 2 is 2.32 bits per heavy atom. The van der Waals surface area contributed by atoms with E-state index in [1.807, 2.05) is 25.2 Å². The van der Waals surface area contributed by atoms with E-state index in [9.17, 15) is 0 Å². The molecule has 0 radical (unpaired) electrons. The average Bonchev–Trinajstić information content (AvgIpc) is 2.40. The van der Waals surface area contributed by atoms with E-state index >= 15 is 0 Å². The van der Waals surface area contributed by atoms with Gasteiger partial charge in [-0.2, -0.15) is 0 Å². The summed E-state index contributed by atoms with van der Waals surface area (Å²) >= 11 is 6.11. The van der Waals surface area contributed by atoms with Crippen molar-refractivity contribution >= 4 is 11.6 Å². The molecule has 0 amide bonds. The summed E-state index contributed by atoms with van der Waals surface area (Å²) in [5.74, 6) is 0.834. The summed E-state index contributed by atoms with van der Waals surface area (Å²) in [7, 11) is 5.72. The molecular formula is C14H21ClN2O2. The van der Waals surface area contributed by atoms with E-state index in [-0.39, 0.29) is 12.1 Å². The van der Waals surface area contributed by atoms with Gasteiger partial charge in [-0.15, -0.1) is 0 Å². The predicted molar refractivity (Wildman–Crippen MR) is 77.0 cm³/mol. The van der Waals surface area contributed by atoms with Crippen LogP contribution in [0.1, 0.15) is 11.6 Å². The fourth-order valence-electron chi connectivity index (χ4n) is 2.50. The molecule has 0 aromatic heterocycles. The van der Waals surface area contributed by atoms with Gasteiger partial charge in [0.05, 0.1) is 25.9 Å². The fourth-order valence-corrected chi connectivity index (χ4v) is 2.68. The van der Waals surface area contributed by atoms with Crippen molar-refractivity contribution in [1.82, 2.24) is 10.2 Å². The molecule has 1 aromatic rings. The zero-order valence-electron chi connectivity index (χ0n) is 11.6. The van der Waals surface area contributed by atoms with Crippen molar-refractivity contribution in [2.24, 2.45) is 0 Å². The van der Waals surface area contributed by atoms with Crippen LogP contribution in [0.5, 0.6) is 5.75 Å². The number of hydrogen-bond acceptors (Lipinski definition) is 4. The topological polar surface area (TPSA) is 33.7 Å². The van der Waals surface area contributed by atoms with Crippen LogP contribution in [0.15, 0.2) is 18.2 Å². The molecule has 0 bridgehead atoms. The maximum atomic E-state index is 6.11. The first-order chi connectivity index (χ1) is 9.15. The molecule has 1 fully saturated rings. The summed E-state index contributed by atoms with van der Waals surface area (Å²) < 4.78 is 11.3. The summed E-state index contributed by atoms with van der Waals surface area (Å²) in [6, 6.07) is 5.75. The number of benzene rings is 1. The number of hydrogen-bond donors (Lipinski definition) is 1. The molecule has 1 aliphatic rings. The molecule has 0 spiro atoms. The van der Waals surface area contributed by atoms with Gasteiger partial charge in [0.15, 0.2) is 0 Å². The van der Waals surface area contributed by atoms with Crippen LogP contribution in [0.3, 0.4) is 0 Å². The molecule has 2 unspecified atom stereocenters. The standard InChI is InChI=1S/C14H21ClN2O2/c1-16-14(13-9-17(2)6-7-19-13)11-8-10(15)4-5-12(11)18-3/h4-5,8,13-14,16H,6-7,9H2,1-3H3. The van der Waals surface area contributed by atoms with Gasteiger partial charge in [-0.05, 0) is 32.3 Å². The molecule has 4 nitrogen and oxygen atoms in total. The van der Waals surface area contributed by atoms with E-state index in [1.54, 1.807) is 7.11 Å². The number of nitrogens with zero attached hydrogens (tertiary/aromatic N) is 1. The minimum atomic E-state index is 0.0661. The van der Waals surface area contributed by atoms with E-state index in [4.69, 9.17) is 21.1 Å². The summed E-state index contributed by atoms with van der Waals surface area (Å²) in [6.07, 6.45) is 0.0936. The molecule has 19 heavy (non-hydrogen) atoms. The summed E-state index contributed by atoms with van der Waals surface area (Å²) in [6.45, 7) is 2.61. The summed E-state index contributed by atoms with van der Waals surface area (Å²) in [5, 5.41) is 4.03. The third kappa shape index (κ3) is 3.39. The van der Waals surface area contributed by atoms with E-state index in [0.717, 1.165) is 31.0 Å². The van der Waals surface area contributed by atoms with Crippen molar-refractivity contribution in [2.75, 3.05) is 40.9 Å². The number of nitrogens with one attached hydrogen (secondary N) is 1. The number of likely N-dealkylation sites (N-methyl/N-ethyl adjacent to an activating group) is 2. The number of methoxy groups -OCH3 is 1. The quantitative estimate of drug-likeness (QED) is 0.916. The summed E-state index contributed by atoms with van der Waals surface area (Å²) in [5.41, 5.74) is 1.04. The second-order valence-corrected chi connectivity index (χ2v) is 5.26. The minimum Gasteiger partial charge on any atom is -0.496 e. The highest BCUT2D eigenvalue weighted by Crippen LogP contribution is 2.31. The number of halogens is 1. The zero-order valence-corrected chi connectivity index (χ0v) is 12.4. The van der Waals surface area contributed by atoms with Crippen LogP contribution in [-0.2, 0) is 4.74 Å². The molecule has 1 aliphatic heterocycles. The van der Waals surface area contributed by atoms with Crippen LogP contribution in [0.2, 0.25) is 5.02 Å². The molecule has 0 saturated carbocycles. The Kier molecular flexibility index (Phi) is 5.05. The Morgan fingerprint density at radius 3 is 2.95 bits per heavy atom. The van der Waals surface area contributed by atoms with Crippen LogP contribution in [0.4, 0.5) is 0 Å². The highest BCUT2D eigenvalue weighted by atomic mass is 35.5. The third-order valence-corrected chi connectivity index (χ3v) is 3.74. The first kappa shape index (κ1) is 14.6. The average molecular weight is 285 g/mol. The maximum Gasteiger partial charge on any atom is 0.123 e. The predicted octanol–water partition coefficient (Wildman–Crippen LogP) is 1.94. The van der Waals surface area contributed by atoms with Crippen LogP contribution >= 0.6 is 11.6 Å². The van der Waals surface area contributed by atoms with Gasteiger partial charge < -0.3 is 19.7 Å². The zero-order chi connectivity index (χ0) is 13.8. The van der Waals surface area contributed by atoms with Crippen molar-refractivity contribution in [2.45, 2.75) is 12.1 Å².